The van der Waals surface area contributed by atoms with Crippen molar-refractivity contribution in [1.29, 1.82) is 0 Å². The number of fused-ring (bicyclic) bond motifs is 1. The summed E-state index contributed by atoms with van der Waals surface area (Å²) in [5.74, 6) is 1.28. The highest BCUT2D eigenvalue weighted by atomic mass is 16.5. The normalized spacial score (nSPS) is 16.4. The average Bonchev–Trinajstić information content (AvgIpc) is 2.78. The van der Waals surface area contributed by atoms with Crippen molar-refractivity contribution in [3.63, 3.8) is 0 Å². The van der Waals surface area contributed by atoms with Gasteiger partial charge in [0.15, 0.2) is 6.10 Å². The van der Waals surface area contributed by atoms with Crippen molar-refractivity contribution in [2.45, 2.75) is 53.3 Å². The molecular weight excluding hydrogens is 380 g/mol. The Labute approximate surface area is 178 Å². The first-order valence-corrected chi connectivity index (χ1v) is 10.2. The van der Waals surface area contributed by atoms with Crippen LogP contribution >= 0.6 is 0 Å². The number of ether oxygens (including phenoxy) is 2. The van der Waals surface area contributed by atoms with Crippen LogP contribution < -0.4 is 14.8 Å². The molecule has 0 spiro atoms. The molecule has 30 heavy (non-hydrogen) atoms. The standard InChI is InChI=1S/C24H30N2O4/c1-16-23(28)26(14-17-8-6-7-9-20(17)29-5)15-18-12-19(10-11-21(18)30-16)25-22(27)13-24(2,3)4/h6-12,16H,13-15H2,1-5H3,(H,25,27)/t16-/m0/s1. The number of nitrogens with zero attached hydrogens (tertiary/aromatic N) is 1. The summed E-state index contributed by atoms with van der Waals surface area (Å²) >= 11 is 0. The van der Waals surface area contributed by atoms with Gasteiger partial charge in [-0.1, -0.05) is 39.0 Å². The number of carbonyl (C=O) groups is 2. The maximum atomic E-state index is 12.9. The zero-order valence-corrected chi connectivity index (χ0v) is 18.3. The number of methoxy groups -OCH3 is 1. The number of anilines is 1. The first kappa shape index (κ1) is 21.7. The third-order valence-electron chi connectivity index (χ3n) is 4.91. The number of carbonyl (C=O) groups excluding carboxylic acids is 2. The van der Waals surface area contributed by atoms with Crippen molar-refractivity contribution in [2.75, 3.05) is 12.4 Å². The topological polar surface area (TPSA) is 67.9 Å². The van der Waals surface area contributed by atoms with E-state index in [1.165, 1.54) is 0 Å². The molecule has 6 heteroatoms. The molecule has 0 bridgehead atoms. The van der Waals surface area contributed by atoms with E-state index < -0.39 is 6.10 Å². The van der Waals surface area contributed by atoms with Gasteiger partial charge in [-0.15, -0.1) is 0 Å². The molecule has 0 saturated carbocycles. The zero-order valence-electron chi connectivity index (χ0n) is 18.3. The minimum atomic E-state index is -0.595. The van der Waals surface area contributed by atoms with Crippen LogP contribution in [0.15, 0.2) is 42.5 Å². The van der Waals surface area contributed by atoms with Crippen molar-refractivity contribution >= 4 is 17.5 Å². The number of rotatable bonds is 5. The van der Waals surface area contributed by atoms with Crippen LogP contribution in [0.1, 0.15) is 45.2 Å². The average molecular weight is 411 g/mol. The van der Waals surface area contributed by atoms with E-state index in [1.807, 2.05) is 63.2 Å². The maximum Gasteiger partial charge on any atom is 0.263 e. The van der Waals surface area contributed by atoms with Crippen molar-refractivity contribution < 1.29 is 19.1 Å². The number of hydrogen-bond donors (Lipinski definition) is 1. The molecule has 1 atom stereocenters. The molecule has 6 nitrogen and oxygen atoms in total. The molecule has 160 valence electrons. The molecule has 0 saturated heterocycles. The minimum Gasteiger partial charge on any atom is -0.496 e. The van der Waals surface area contributed by atoms with E-state index in [1.54, 1.807) is 18.9 Å². The molecule has 3 rings (SSSR count). The molecule has 2 aromatic carbocycles. The van der Waals surface area contributed by atoms with Gasteiger partial charge < -0.3 is 19.7 Å². The second-order valence-corrected chi connectivity index (χ2v) is 8.87. The Bertz CT molecular complexity index is 933. The molecule has 0 aromatic heterocycles. The van der Waals surface area contributed by atoms with Crippen LogP contribution in [0.3, 0.4) is 0 Å². The summed E-state index contributed by atoms with van der Waals surface area (Å²) in [6, 6.07) is 13.2. The second-order valence-electron chi connectivity index (χ2n) is 8.87. The van der Waals surface area contributed by atoms with Gasteiger partial charge in [-0.2, -0.15) is 0 Å². The molecule has 0 aliphatic carbocycles. The first-order valence-electron chi connectivity index (χ1n) is 10.2. The fourth-order valence-electron chi connectivity index (χ4n) is 3.54. The highest BCUT2D eigenvalue weighted by Crippen LogP contribution is 2.31. The summed E-state index contributed by atoms with van der Waals surface area (Å²) < 4.78 is 11.3. The van der Waals surface area contributed by atoms with Gasteiger partial charge in [0.25, 0.3) is 5.91 Å². The summed E-state index contributed by atoms with van der Waals surface area (Å²) in [7, 11) is 1.62. The summed E-state index contributed by atoms with van der Waals surface area (Å²) in [5.41, 5.74) is 2.40. The highest BCUT2D eigenvalue weighted by Gasteiger charge is 2.28. The molecular formula is C24H30N2O4. The smallest absolute Gasteiger partial charge is 0.263 e. The van der Waals surface area contributed by atoms with Gasteiger partial charge in [-0.3, -0.25) is 9.59 Å². The molecule has 2 amide bonds. The number of para-hydroxylation sites is 1. The lowest BCUT2D eigenvalue weighted by Crippen LogP contribution is -2.37. The number of nitrogens with one attached hydrogen (secondary N) is 1. The van der Waals surface area contributed by atoms with Crippen LogP contribution in [-0.2, 0) is 22.7 Å². The Morgan fingerprint density at radius 1 is 1.23 bits per heavy atom. The van der Waals surface area contributed by atoms with Crippen LogP contribution in [0, 0.1) is 5.41 Å². The quantitative estimate of drug-likeness (QED) is 0.794. The van der Waals surface area contributed by atoms with Crippen LogP contribution in [0.25, 0.3) is 0 Å². The van der Waals surface area contributed by atoms with E-state index in [-0.39, 0.29) is 17.2 Å². The van der Waals surface area contributed by atoms with Crippen molar-refractivity contribution in [1.82, 2.24) is 4.90 Å². The summed E-state index contributed by atoms with van der Waals surface area (Å²) in [4.78, 5) is 27.0. The van der Waals surface area contributed by atoms with E-state index in [4.69, 9.17) is 9.47 Å². The fraction of sp³-hybridized carbons (Fsp3) is 0.417. The second kappa shape index (κ2) is 8.78. The molecule has 1 heterocycles. The van der Waals surface area contributed by atoms with Gasteiger partial charge in [0.2, 0.25) is 5.91 Å². The van der Waals surface area contributed by atoms with E-state index in [0.717, 1.165) is 16.9 Å². The van der Waals surface area contributed by atoms with Crippen LogP contribution in [0.2, 0.25) is 0 Å². The molecule has 0 unspecified atom stereocenters. The Balaban J connectivity index is 1.83. The van der Waals surface area contributed by atoms with Crippen LogP contribution in [0.5, 0.6) is 11.5 Å². The first-order chi connectivity index (χ1) is 14.2. The van der Waals surface area contributed by atoms with Crippen LogP contribution in [-0.4, -0.2) is 29.9 Å². The Kier molecular flexibility index (Phi) is 6.34. The lowest BCUT2D eigenvalue weighted by molar-refractivity contribution is -0.138. The van der Waals surface area contributed by atoms with Gasteiger partial charge in [-0.05, 0) is 36.6 Å². The number of benzene rings is 2. The molecule has 1 aliphatic heterocycles. The lowest BCUT2D eigenvalue weighted by atomic mass is 9.92. The Morgan fingerprint density at radius 2 is 1.97 bits per heavy atom. The van der Waals surface area contributed by atoms with Gasteiger partial charge in [-0.25, -0.2) is 0 Å². The van der Waals surface area contributed by atoms with Crippen molar-refractivity contribution in [3.05, 3.63) is 53.6 Å². The lowest BCUT2D eigenvalue weighted by Gasteiger charge is -2.23. The maximum absolute atomic E-state index is 12.9. The van der Waals surface area contributed by atoms with Gasteiger partial charge in [0.05, 0.1) is 7.11 Å². The van der Waals surface area contributed by atoms with Gasteiger partial charge >= 0.3 is 0 Å². The Morgan fingerprint density at radius 3 is 2.67 bits per heavy atom. The van der Waals surface area contributed by atoms with Gasteiger partial charge in [0.1, 0.15) is 11.5 Å². The number of hydrogen-bond acceptors (Lipinski definition) is 4. The molecule has 0 radical (unpaired) electrons. The van der Waals surface area contributed by atoms with E-state index >= 15 is 0 Å². The molecule has 1 aliphatic rings. The summed E-state index contributed by atoms with van der Waals surface area (Å²) in [6.07, 6.45) is -0.168. The van der Waals surface area contributed by atoms with E-state index in [0.29, 0.717) is 30.9 Å². The predicted molar refractivity (Wildman–Crippen MR) is 116 cm³/mol. The zero-order chi connectivity index (χ0) is 21.9. The fourth-order valence-corrected chi connectivity index (χ4v) is 3.54. The number of amides is 2. The van der Waals surface area contributed by atoms with Crippen molar-refractivity contribution in [3.8, 4) is 11.5 Å². The SMILES string of the molecule is COc1ccccc1CN1Cc2cc(NC(=O)CC(C)(C)C)ccc2O[C@@H](C)C1=O. The molecule has 1 N–H and O–H groups in total. The van der Waals surface area contributed by atoms with Gasteiger partial charge in [0, 0.05) is 36.3 Å². The molecule has 2 aromatic rings. The van der Waals surface area contributed by atoms with E-state index in [9.17, 15) is 9.59 Å². The molecule has 0 fully saturated rings. The third kappa shape index (κ3) is 5.32. The third-order valence-corrected chi connectivity index (χ3v) is 4.91. The largest absolute Gasteiger partial charge is 0.496 e. The minimum absolute atomic E-state index is 0.0349. The summed E-state index contributed by atoms with van der Waals surface area (Å²) in [6.45, 7) is 8.64. The monoisotopic (exact) mass is 410 g/mol. The van der Waals surface area contributed by atoms with Crippen molar-refractivity contribution in [2.24, 2.45) is 5.41 Å². The highest BCUT2D eigenvalue weighted by molar-refractivity contribution is 5.91. The predicted octanol–water partition coefficient (Wildman–Crippen LogP) is 4.38. The van der Waals surface area contributed by atoms with Crippen LogP contribution in [0.4, 0.5) is 5.69 Å². The van der Waals surface area contributed by atoms with E-state index in [2.05, 4.69) is 5.32 Å². The summed E-state index contributed by atoms with van der Waals surface area (Å²) in [5, 5.41) is 2.96. The Hall–Kier alpha value is -3.02.